The number of likely N-dealkylation sites (N-methyl/N-ethyl adjacent to an activating group) is 1. The molecule has 1 aromatic heterocycles. The minimum Gasteiger partial charge on any atom is -0.451 e. The average Bonchev–Trinajstić information content (AvgIpc) is 2.93. The number of nitrogens with zero attached hydrogens (tertiary/aromatic N) is 1. The summed E-state index contributed by atoms with van der Waals surface area (Å²) in [6.45, 7) is 8.66. The van der Waals surface area contributed by atoms with Gasteiger partial charge in [-0.2, -0.15) is 0 Å². The lowest BCUT2D eigenvalue weighted by Crippen LogP contribution is -2.34. The van der Waals surface area contributed by atoms with E-state index < -0.39 is 0 Å². The van der Waals surface area contributed by atoms with Crippen LogP contribution in [0, 0.1) is 27.7 Å². The van der Waals surface area contributed by atoms with Crippen LogP contribution in [0.15, 0.2) is 40.8 Å². The van der Waals surface area contributed by atoms with Crippen LogP contribution < -0.4 is 5.32 Å². The second-order valence-corrected chi connectivity index (χ2v) is 7.59. The molecule has 3 rings (SSSR count). The number of carbonyl (C=O) groups excluding carboxylic acids is 1. The van der Waals surface area contributed by atoms with E-state index in [4.69, 9.17) is 4.42 Å². The van der Waals surface area contributed by atoms with Crippen LogP contribution in [-0.2, 0) is 0 Å². The Morgan fingerprint density at radius 2 is 1.67 bits per heavy atom. The van der Waals surface area contributed by atoms with Crippen LogP contribution in [0.5, 0.6) is 0 Å². The highest BCUT2D eigenvalue weighted by molar-refractivity contribution is 5.99. The summed E-state index contributed by atoms with van der Waals surface area (Å²) >= 11 is 0. The first kappa shape index (κ1) is 19.2. The molecular formula is C23H28N2O2. The van der Waals surface area contributed by atoms with Crippen molar-refractivity contribution in [3.63, 3.8) is 0 Å². The molecule has 1 amide bonds. The molecule has 0 spiro atoms. The van der Waals surface area contributed by atoms with Crippen LogP contribution in [0.3, 0.4) is 0 Å². The molecule has 0 saturated carbocycles. The maximum Gasteiger partial charge on any atom is 0.287 e. The predicted octanol–water partition coefficient (Wildman–Crippen LogP) is 4.70. The van der Waals surface area contributed by atoms with Crippen molar-refractivity contribution in [3.05, 3.63) is 70.0 Å². The maximum absolute atomic E-state index is 12.8. The minimum atomic E-state index is -0.169. The summed E-state index contributed by atoms with van der Waals surface area (Å²) in [6, 6.07) is 12.6. The molecule has 0 aliphatic carbocycles. The van der Waals surface area contributed by atoms with Gasteiger partial charge in [-0.15, -0.1) is 0 Å². The molecule has 4 nitrogen and oxygen atoms in total. The summed E-state index contributed by atoms with van der Waals surface area (Å²) in [5, 5.41) is 4.06. The number of hydrogen-bond acceptors (Lipinski definition) is 3. The first-order valence-electron chi connectivity index (χ1n) is 9.29. The van der Waals surface area contributed by atoms with Crippen molar-refractivity contribution in [2.45, 2.75) is 33.7 Å². The Kier molecular flexibility index (Phi) is 5.38. The van der Waals surface area contributed by atoms with Gasteiger partial charge in [-0.05, 0) is 70.6 Å². The predicted molar refractivity (Wildman–Crippen MR) is 110 cm³/mol. The van der Waals surface area contributed by atoms with Crippen molar-refractivity contribution in [3.8, 4) is 0 Å². The summed E-state index contributed by atoms with van der Waals surface area (Å²) in [5.41, 5.74) is 6.42. The van der Waals surface area contributed by atoms with E-state index >= 15 is 0 Å². The van der Waals surface area contributed by atoms with Gasteiger partial charge in [-0.25, -0.2) is 0 Å². The molecule has 1 N–H and O–H groups in total. The van der Waals surface area contributed by atoms with Crippen molar-refractivity contribution in [2.75, 3.05) is 20.6 Å². The standard InChI is InChI=1S/C23H28N2O2/c1-14-7-9-18(10-8-14)20(25(5)6)13-24-23(26)22-17(4)19-11-15(2)16(3)12-21(19)27-22/h7-12,20H,13H2,1-6H3,(H,24,26)/t20-/m0/s1. The molecule has 0 radical (unpaired) electrons. The van der Waals surface area contributed by atoms with Crippen molar-refractivity contribution < 1.29 is 9.21 Å². The van der Waals surface area contributed by atoms with Crippen LogP contribution in [0.2, 0.25) is 0 Å². The Hall–Kier alpha value is -2.59. The highest BCUT2D eigenvalue weighted by Crippen LogP contribution is 2.28. The van der Waals surface area contributed by atoms with E-state index in [0.717, 1.165) is 22.1 Å². The molecule has 4 heteroatoms. The second-order valence-electron chi connectivity index (χ2n) is 7.59. The van der Waals surface area contributed by atoms with Gasteiger partial charge < -0.3 is 14.6 Å². The quantitative estimate of drug-likeness (QED) is 0.714. The van der Waals surface area contributed by atoms with Gasteiger partial charge in [0.15, 0.2) is 5.76 Å². The van der Waals surface area contributed by atoms with Gasteiger partial charge in [0.2, 0.25) is 0 Å². The zero-order valence-electron chi connectivity index (χ0n) is 17.0. The van der Waals surface area contributed by atoms with E-state index in [9.17, 15) is 4.79 Å². The third kappa shape index (κ3) is 3.91. The molecule has 0 aliphatic rings. The van der Waals surface area contributed by atoms with Crippen molar-refractivity contribution in [1.29, 1.82) is 0 Å². The largest absolute Gasteiger partial charge is 0.451 e. The molecule has 0 unspecified atom stereocenters. The van der Waals surface area contributed by atoms with Gasteiger partial charge in [0.1, 0.15) is 5.58 Å². The van der Waals surface area contributed by atoms with E-state index in [1.54, 1.807) is 0 Å². The highest BCUT2D eigenvalue weighted by atomic mass is 16.3. The van der Waals surface area contributed by atoms with Gasteiger partial charge >= 0.3 is 0 Å². The highest BCUT2D eigenvalue weighted by Gasteiger charge is 2.21. The van der Waals surface area contributed by atoms with E-state index in [1.165, 1.54) is 16.7 Å². The number of benzene rings is 2. The molecule has 1 atom stereocenters. The number of aryl methyl sites for hydroxylation is 4. The molecule has 27 heavy (non-hydrogen) atoms. The zero-order chi connectivity index (χ0) is 19.7. The summed E-state index contributed by atoms with van der Waals surface area (Å²) in [6.07, 6.45) is 0. The minimum absolute atomic E-state index is 0.101. The fourth-order valence-corrected chi connectivity index (χ4v) is 3.35. The summed E-state index contributed by atoms with van der Waals surface area (Å²) in [7, 11) is 4.04. The number of fused-ring (bicyclic) bond motifs is 1. The number of hydrogen-bond donors (Lipinski definition) is 1. The van der Waals surface area contributed by atoms with Gasteiger partial charge in [0, 0.05) is 17.5 Å². The Bertz CT molecular complexity index is 968. The molecule has 2 aromatic carbocycles. The van der Waals surface area contributed by atoms with Gasteiger partial charge in [-0.1, -0.05) is 29.8 Å². The second kappa shape index (κ2) is 7.57. The van der Waals surface area contributed by atoms with Crippen LogP contribution in [0.1, 0.15) is 44.4 Å². The normalized spacial score (nSPS) is 12.6. The first-order valence-corrected chi connectivity index (χ1v) is 9.29. The monoisotopic (exact) mass is 364 g/mol. The lowest BCUT2D eigenvalue weighted by atomic mass is 10.0. The molecular weight excluding hydrogens is 336 g/mol. The number of furan rings is 1. The molecule has 0 bridgehead atoms. The number of nitrogens with one attached hydrogen (secondary N) is 1. The Morgan fingerprint density at radius 3 is 2.30 bits per heavy atom. The molecule has 142 valence electrons. The number of carbonyl (C=O) groups is 1. The molecule has 0 aliphatic heterocycles. The summed E-state index contributed by atoms with van der Waals surface area (Å²) < 4.78 is 5.89. The number of amides is 1. The van der Waals surface area contributed by atoms with E-state index in [1.807, 2.05) is 27.1 Å². The van der Waals surface area contributed by atoms with E-state index in [0.29, 0.717) is 12.3 Å². The topological polar surface area (TPSA) is 45.5 Å². The molecule has 3 aromatic rings. The fourth-order valence-electron chi connectivity index (χ4n) is 3.35. The average molecular weight is 364 g/mol. The number of rotatable bonds is 5. The van der Waals surface area contributed by atoms with Crippen molar-refractivity contribution >= 4 is 16.9 Å². The lowest BCUT2D eigenvalue weighted by molar-refractivity contribution is 0.0915. The summed E-state index contributed by atoms with van der Waals surface area (Å²) in [5.74, 6) is 0.231. The molecule has 1 heterocycles. The SMILES string of the molecule is Cc1ccc([C@H](CNC(=O)c2oc3cc(C)c(C)cc3c2C)N(C)C)cc1. The first-order chi connectivity index (χ1) is 12.8. The Labute approximate surface area is 161 Å². The lowest BCUT2D eigenvalue weighted by Gasteiger charge is -2.25. The van der Waals surface area contributed by atoms with Crippen molar-refractivity contribution in [1.82, 2.24) is 10.2 Å². The van der Waals surface area contributed by atoms with E-state index in [2.05, 4.69) is 61.3 Å². The van der Waals surface area contributed by atoms with E-state index in [-0.39, 0.29) is 11.9 Å². The Morgan fingerprint density at radius 1 is 1.04 bits per heavy atom. The summed E-state index contributed by atoms with van der Waals surface area (Å²) in [4.78, 5) is 14.9. The Balaban J connectivity index is 1.81. The van der Waals surface area contributed by atoms with Gasteiger partial charge in [0.05, 0.1) is 6.04 Å². The van der Waals surface area contributed by atoms with Gasteiger partial charge in [-0.3, -0.25) is 4.79 Å². The smallest absolute Gasteiger partial charge is 0.287 e. The molecule has 0 saturated heterocycles. The van der Waals surface area contributed by atoms with Crippen LogP contribution in [0.25, 0.3) is 11.0 Å². The third-order valence-corrected chi connectivity index (χ3v) is 5.30. The zero-order valence-corrected chi connectivity index (χ0v) is 17.0. The van der Waals surface area contributed by atoms with Crippen LogP contribution in [-0.4, -0.2) is 31.4 Å². The van der Waals surface area contributed by atoms with Crippen LogP contribution >= 0.6 is 0 Å². The van der Waals surface area contributed by atoms with Crippen molar-refractivity contribution in [2.24, 2.45) is 0 Å². The molecule has 0 fully saturated rings. The van der Waals surface area contributed by atoms with Gasteiger partial charge in [0.25, 0.3) is 5.91 Å². The maximum atomic E-state index is 12.8. The fraction of sp³-hybridized carbons (Fsp3) is 0.348. The third-order valence-electron chi connectivity index (χ3n) is 5.30. The van der Waals surface area contributed by atoms with Crippen LogP contribution in [0.4, 0.5) is 0 Å².